The van der Waals surface area contributed by atoms with Crippen LogP contribution in [0.15, 0.2) is 54.7 Å². The van der Waals surface area contributed by atoms with Crippen molar-refractivity contribution in [1.82, 2.24) is 9.78 Å². The molecule has 226 valence electrons. The van der Waals surface area contributed by atoms with E-state index in [1.54, 1.807) is 16.8 Å². The van der Waals surface area contributed by atoms with Gasteiger partial charge in [-0.1, -0.05) is 25.0 Å². The zero-order valence-corrected chi connectivity index (χ0v) is 24.6. The van der Waals surface area contributed by atoms with Gasteiger partial charge in [-0.05, 0) is 67.6 Å². The smallest absolute Gasteiger partial charge is 0.387 e. The Morgan fingerprint density at radius 2 is 1.67 bits per heavy atom. The molecule has 1 aliphatic heterocycles. The van der Waals surface area contributed by atoms with Crippen LogP contribution in [0.1, 0.15) is 56.6 Å². The lowest BCUT2D eigenvalue weighted by Gasteiger charge is -2.31. The van der Waals surface area contributed by atoms with Crippen molar-refractivity contribution >= 4 is 21.3 Å². The minimum absolute atomic E-state index is 0.0527. The van der Waals surface area contributed by atoms with Gasteiger partial charge in [-0.2, -0.15) is 19.1 Å². The molecule has 2 aliphatic carbocycles. The number of rotatable bonds is 9. The molecule has 0 bridgehead atoms. The summed E-state index contributed by atoms with van der Waals surface area (Å²) in [5.41, 5.74) is 3.71. The molecule has 3 aliphatic rings. The highest BCUT2D eigenvalue weighted by atomic mass is 32.2. The van der Waals surface area contributed by atoms with E-state index in [9.17, 15) is 27.3 Å². The van der Waals surface area contributed by atoms with Crippen molar-refractivity contribution in [2.24, 2.45) is 11.3 Å². The summed E-state index contributed by atoms with van der Waals surface area (Å²) >= 11 is 0. The predicted molar refractivity (Wildman–Crippen MR) is 158 cm³/mol. The molecule has 2 aromatic carbocycles. The number of carbonyl (C=O) groups excluding carboxylic acids is 1. The third kappa shape index (κ3) is 6.44. The first kappa shape index (κ1) is 29.3. The van der Waals surface area contributed by atoms with Crippen LogP contribution in [0.5, 0.6) is 5.75 Å². The normalized spacial score (nSPS) is 22.6. The number of benzene rings is 2. The highest BCUT2D eigenvalue weighted by Gasteiger charge is 2.47. The second-order valence-electron chi connectivity index (χ2n) is 12.0. The SMILES string of the molecule is N#CC1(CC(=O)[C@@H]2CCCC[C@H]2c2nn(-c3ccc(OC(F)F)cc3)cc2-c2ccc(N3CCS(=O)(=O)CC3)cc2)CC1. The molecule has 6 rings (SSSR count). The number of sulfone groups is 1. The first-order chi connectivity index (χ1) is 20.7. The average molecular weight is 609 g/mol. The number of alkyl halides is 2. The standard InChI is InChI=1S/C32H34F2N4O4S/c33-31(34)42-25-11-9-24(10-12-25)38-20-28(22-5-7-23(8-6-22)37-15-17-43(40,41)18-16-37)30(36-38)27-4-2-1-3-26(27)29(39)19-32(21-35)13-14-32/h5-12,20,26-27,31H,1-4,13-19H2/t26-,27-/m1/s1. The van der Waals surface area contributed by atoms with Gasteiger partial charge in [0.2, 0.25) is 0 Å². The number of aromatic nitrogens is 2. The fourth-order valence-corrected chi connectivity index (χ4v) is 7.61. The Morgan fingerprint density at radius 3 is 2.30 bits per heavy atom. The van der Waals surface area contributed by atoms with Crippen molar-refractivity contribution < 1.29 is 26.7 Å². The molecule has 43 heavy (non-hydrogen) atoms. The number of carbonyl (C=O) groups is 1. The molecule has 0 spiro atoms. The minimum atomic E-state index is -2.99. The van der Waals surface area contributed by atoms with Crippen LogP contribution in [-0.2, 0) is 14.6 Å². The van der Waals surface area contributed by atoms with E-state index in [4.69, 9.17) is 5.10 Å². The lowest BCUT2D eigenvalue weighted by atomic mass is 9.72. The number of Topliss-reactive ketones (excluding diaryl/α,β-unsaturated/α-hetero) is 1. The summed E-state index contributed by atoms with van der Waals surface area (Å²) in [7, 11) is -2.99. The highest BCUT2D eigenvalue weighted by Crippen LogP contribution is 2.51. The molecule has 1 aromatic heterocycles. The zero-order valence-electron chi connectivity index (χ0n) is 23.8. The molecule has 8 nitrogen and oxygen atoms in total. The maximum Gasteiger partial charge on any atom is 0.387 e. The predicted octanol–water partition coefficient (Wildman–Crippen LogP) is 5.91. The molecule has 1 saturated heterocycles. The first-order valence-corrected chi connectivity index (χ1v) is 16.6. The van der Waals surface area contributed by atoms with E-state index in [1.165, 1.54) is 12.1 Å². The summed E-state index contributed by atoms with van der Waals surface area (Å²) in [6.45, 7) is -2.01. The number of nitrogens with zero attached hydrogens (tertiary/aromatic N) is 4. The molecule has 3 fully saturated rings. The van der Waals surface area contributed by atoms with Crippen LogP contribution in [-0.4, -0.2) is 55.2 Å². The number of nitriles is 1. The summed E-state index contributed by atoms with van der Waals surface area (Å²) in [6.07, 6.45) is 7.23. The molecule has 3 aromatic rings. The van der Waals surface area contributed by atoms with Crippen LogP contribution in [0.3, 0.4) is 0 Å². The second kappa shape index (κ2) is 11.7. The lowest BCUT2D eigenvalue weighted by molar-refractivity contribution is -0.125. The second-order valence-corrected chi connectivity index (χ2v) is 14.3. The Labute approximate surface area is 250 Å². The third-order valence-electron chi connectivity index (χ3n) is 9.09. The van der Waals surface area contributed by atoms with Crippen LogP contribution in [0.2, 0.25) is 0 Å². The van der Waals surface area contributed by atoms with Crippen molar-refractivity contribution in [2.75, 3.05) is 29.5 Å². The van der Waals surface area contributed by atoms with Crippen LogP contribution in [0.25, 0.3) is 16.8 Å². The summed E-state index contributed by atoms with van der Waals surface area (Å²) in [5.74, 6) is 0.122. The number of ether oxygens (including phenoxy) is 1. The summed E-state index contributed by atoms with van der Waals surface area (Å²) in [5, 5.41) is 14.6. The Balaban J connectivity index is 1.34. The number of anilines is 1. The molecular weight excluding hydrogens is 574 g/mol. The molecule has 2 atom stereocenters. The van der Waals surface area contributed by atoms with Gasteiger partial charge in [0.15, 0.2) is 9.84 Å². The van der Waals surface area contributed by atoms with E-state index in [1.807, 2.05) is 30.5 Å². The van der Waals surface area contributed by atoms with E-state index in [-0.39, 0.29) is 41.3 Å². The van der Waals surface area contributed by atoms with Gasteiger partial charge in [-0.15, -0.1) is 0 Å². The van der Waals surface area contributed by atoms with Crippen molar-refractivity contribution in [2.45, 2.75) is 57.5 Å². The molecule has 11 heteroatoms. The van der Waals surface area contributed by atoms with Crippen LogP contribution >= 0.6 is 0 Å². The molecule has 2 saturated carbocycles. The average Bonchev–Trinajstić information content (AvgIpc) is 3.64. The lowest BCUT2D eigenvalue weighted by Crippen LogP contribution is -2.40. The Hall–Kier alpha value is -3.78. The van der Waals surface area contributed by atoms with E-state index >= 15 is 0 Å². The Bertz CT molecular complexity index is 1610. The summed E-state index contributed by atoms with van der Waals surface area (Å²) < 4.78 is 55.4. The number of hydrogen-bond donors (Lipinski definition) is 0. The van der Waals surface area contributed by atoms with Gasteiger partial charge in [-0.3, -0.25) is 4.79 Å². The number of halogens is 2. The Kier molecular flexibility index (Phi) is 7.98. The number of ketones is 1. The van der Waals surface area contributed by atoms with Crippen LogP contribution in [0.4, 0.5) is 14.5 Å². The first-order valence-electron chi connectivity index (χ1n) is 14.8. The van der Waals surface area contributed by atoms with E-state index in [0.717, 1.165) is 61.0 Å². The fraction of sp³-hybridized carbons (Fsp3) is 0.469. The van der Waals surface area contributed by atoms with Gasteiger partial charge in [0.1, 0.15) is 11.5 Å². The molecular formula is C32H34F2N4O4S. The van der Waals surface area contributed by atoms with Gasteiger partial charge in [0.05, 0.1) is 34.4 Å². The fourth-order valence-electron chi connectivity index (χ4n) is 6.41. The maximum atomic E-state index is 13.6. The quantitative estimate of drug-likeness (QED) is 0.297. The van der Waals surface area contributed by atoms with Gasteiger partial charge in [0.25, 0.3) is 0 Å². The Morgan fingerprint density at radius 1 is 1.02 bits per heavy atom. The molecule has 0 amide bonds. The van der Waals surface area contributed by atoms with Crippen molar-refractivity contribution in [3.05, 3.63) is 60.4 Å². The van der Waals surface area contributed by atoms with Gasteiger partial charge in [0, 0.05) is 48.8 Å². The topological polar surface area (TPSA) is 105 Å². The van der Waals surface area contributed by atoms with Gasteiger partial charge in [-0.25, -0.2) is 13.1 Å². The monoisotopic (exact) mass is 608 g/mol. The molecule has 0 radical (unpaired) electrons. The van der Waals surface area contributed by atoms with Crippen molar-refractivity contribution in [3.8, 4) is 28.6 Å². The number of hydrogen-bond acceptors (Lipinski definition) is 7. The van der Waals surface area contributed by atoms with Crippen LogP contribution < -0.4 is 9.64 Å². The molecule has 0 N–H and O–H groups in total. The molecule has 2 heterocycles. The minimum Gasteiger partial charge on any atom is -0.435 e. The molecule has 0 unspecified atom stereocenters. The van der Waals surface area contributed by atoms with E-state index in [2.05, 4.69) is 15.7 Å². The largest absolute Gasteiger partial charge is 0.435 e. The van der Waals surface area contributed by atoms with E-state index < -0.39 is 21.9 Å². The van der Waals surface area contributed by atoms with Gasteiger partial charge < -0.3 is 9.64 Å². The highest BCUT2D eigenvalue weighted by molar-refractivity contribution is 7.91. The zero-order chi connectivity index (χ0) is 30.2. The van der Waals surface area contributed by atoms with E-state index in [0.29, 0.717) is 18.8 Å². The summed E-state index contributed by atoms with van der Waals surface area (Å²) in [6, 6.07) is 16.6. The third-order valence-corrected chi connectivity index (χ3v) is 10.7. The van der Waals surface area contributed by atoms with Crippen molar-refractivity contribution in [3.63, 3.8) is 0 Å². The maximum absolute atomic E-state index is 13.6. The van der Waals surface area contributed by atoms with Crippen LogP contribution in [0, 0.1) is 22.7 Å². The summed E-state index contributed by atoms with van der Waals surface area (Å²) in [4.78, 5) is 15.7. The van der Waals surface area contributed by atoms with Crippen molar-refractivity contribution in [1.29, 1.82) is 5.26 Å². The van der Waals surface area contributed by atoms with Gasteiger partial charge >= 0.3 is 6.61 Å².